The summed E-state index contributed by atoms with van der Waals surface area (Å²) < 4.78 is 25.2. The van der Waals surface area contributed by atoms with Crippen LogP contribution in [0.5, 0.6) is 0 Å². The lowest BCUT2D eigenvalue weighted by atomic mass is 10.2. The molecule has 6 nitrogen and oxygen atoms in total. The van der Waals surface area contributed by atoms with Gasteiger partial charge < -0.3 is 5.11 Å². The zero-order chi connectivity index (χ0) is 13.2. The third-order valence-corrected chi connectivity index (χ3v) is 2.71. The highest BCUT2D eigenvalue weighted by Crippen LogP contribution is 2.29. The number of aromatic nitrogens is 1. The van der Waals surface area contributed by atoms with Crippen LogP contribution in [0.3, 0.4) is 0 Å². The highest BCUT2D eigenvalue weighted by Gasteiger charge is 2.26. The summed E-state index contributed by atoms with van der Waals surface area (Å²) in [5.74, 6) is -1.25. The molecule has 0 aliphatic rings. The predicted octanol–water partition coefficient (Wildman–Crippen LogP) is 2.16. The van der Waals surface area contributed by atoms with Crippen LogP contribution in [0.4, 0.5) is 14.5 Å². The first kappa shape index (κ1) is 13.7. The molecule has 1 heterocycles. The lowest BCUT2D eigenvalue weighted by molar-refractivity contribution is -0.386. The van der Waals surface area contributed by atoms with Crippen LogP contribution in [0.25, 0.3) is 0 Å². The van der Waals surface area contributed by atoms with Gasteiger partial charge in [0.25, 0.3) is 12.1 Å². The lowest BCUT2D eigenvalue weighted by Crippen LogP contribution is -2.09. The molecule has 0 bridgehead atoms. The van der Waals surface area contributed by atoms with Gasteiger partial charge in [0.1, 0.15) is 0 Å². The summed E-state index contributed by atoms with van der Waals surface area (Å²) in [4.78, 5) is 23.4. The van der Waals surface area contributed by atoms with Gasteiger partial charge in [-0.1, -0.05) is 0 Å². The number of hydrogen-bond donors (Lipinski definition) is 1. The van der Waals surface area contributed by atoms with Crippen molar-refractivity contribution >= 4 is 34.2 Å². The number of nitrogens with zero attached hydrogens (tertiary/aromatic N) is 2. The molecule has 1 aromatic rings. The zero-order valence-electron chi connectivity index (χ0n) is 8.06. The summed E-state index contributed by atoms with van der Waals surface area (Å²) in [6.45, 7) is 0. The molecule has 1 aromatic heterocycles. The molecule has 0 aliphatic heterocycles. The minimum absolute atomic E-state index is 0.112. The Morgan fingerprint density at radius 3 is 2.65 bits per heavy atom. The fraction of sp³-hybridized carbons (Fsp3) is 0.250. The molecule has 1 rings (SSSR count). The third-order valence-electron chi connectivity index (χ3n) is 1.78. The van der Waals surface area contributed by atoms with E-state index in [9.17, 15) is 23.7 Å². The van der Waals surface area contributed by atoms with Gasteiger partial charge in [-0.25, -0.2) is 13.8 Å². The number of carbonyl (C=O) groups is 1. The summed E-state index contributed by atoms with van der Waals surface area (Å²) >= 11 is 1.62. The third kappa shape index (κ3) is 3.28. The van der Waals surface area contributed by atoms with Crippen LogP contribution in [-0.4, -0.2) is 21.0 Å². The summed E-state index contributed by atoms with van der Waals surface area (Å²) in [5, 5.41) is 19.1. The van der Waals surface area contributed by atoms with Gasteiger partial charge in [0.15, 0.2) is 5.69 Å². The maximum atomic E-state index is 12.5. The van der Waals surface area contributed by atoms with Crippen molar-refractivity contribution in [2.45, 2.75) is 12.8 Å². The molecule has 0 aliphatic carbocycles. The minimum Gasteiger partial charge on any atom is -0.481 e. The molecule has 0 amide bonds. The minimum atomic E-state index is -3.13. The fourth-order valence-electron chi connectivity index (χ4n) is 1.11. The van der Waals surface area contributed by atoms with Crippen molar-refractivity contribution in [1.29, 1.82) is 0 Å². The van der Waals surface area contributed by atoms with E-state index in [2.05, 4.69) is 4.98 Å². The number of rotatable bonds is 4. The Balaban J connectivity index is 3.34. The van der Waals surface area contributed by atoms with Crippen molar-refractivity contribution in [2.75, 3.05) is 0 Å². The van der Waals surface area contributed by atoms with Gasteiger partial charge in [-0.05, 0) is 22.6 Å². The van der Waals surface area contributed by atoms with Crippen LogP contribution in [-0.2, 0) is 11.2 Å². The number of aliphatic carboxylic acids is 1. The molecule has 0 unspecified atom stereocenters. The molecule has 0 radical (unpaired) electrons. The van der Waals surface area contributed by atoms with Crippen LogP contribution in [0.1, 0.15) is 17.8 Å². The van der Waals surface area contributed by atoms with Crippen molar-refractivity contribution in [1.82, 2.24) is 4.98 Å². The summed E-state index contributed by atoms with van der Waals surface area (Å²) in [6.07, 6.45) is -3.68. The molecule has 92 valence electrons. The molecular formula is C8H5F2IN2O4. The molecule has 0 fully saturated rings. The van der Waals surface area contributed by atoms with E-state index in [0.717, 1.165) is 6.07 Å². The summed E-state index contributed by atoms with van der Waals surface area (Å²) in [7, 11) is 0. The average Bonchev–Trinajstić information content (AvgIpc) is 2.19. The van der Waals surface area contributed by atoms with Gasteiger partial charge >= 0.3 is 5.97 Å². The number of carboxylic acid groups (broad SMARTS) is 1. The second-order valence-electron chi connectivity index (χ2n) is 2.95. The second-order valence-corrected chi connectivity index (χ2v) is 4.11. The molecule has 0 saturated heterocycles. The second kappa shape index (κ2) is 5.29. The van der Waals surface area contributed by atoms with Crippen LogP contribution >= 0.6 is 22.6 Å². The van der Waals surface area contributed by atoms with Gasteiger partial charge in [-0.2, -0.15) is 0 Å². The number of nitro groups is 1. The number of hydrogen-bond acceptors (Lipinski definition) is 4. The number of halogens is 3. The van der Waals surface area contributed by atoms with E-state index in [0.29, 0.717) is 0 Å². The van der Waals surface area contributed by atoms with Crippen molar-refractivity contribution < 1.29 is 23.6 Å². The molecular weight excluding hydrogens is 353 g/mol. The number of pyridine rings is 1. The Kier molecular flexibility index (Phi) is 4.26. The van der Waals surface area contributed by atoms with Crippen molar-refractivity contribution in [2.24, 2.45) is 0 Å². The van der Waals surface area contributed by atoms with Gasteiger partial charge in [0, 0.05) is 9.64 Å². The normalized spacial score (nSPS) is 10.6. The van der Waals surface area contributed by atoms with Gasteiger partial charge in [-0.3, -0.25) is 14.9 Å². The Morgan fingerprint density at radius 1 is 1.65 bits per heavy atom. The highest BCUT2D eigenvalue weighted by molar-refractivity contribution is 14.1. The molecule has 0 aromatic carbocycles. The molecule has 1 N–H and O–H groups in total. The van der Waals surface area contributed by atoms with Gasteiger partial charge in [-0.15, -0.1) is 0 Å². The monoisotopic (exact) mass is 358 g/mol. The Labute approximate surface area is 107 Å². The van der Waals surface area contributed by atoms with E-state index < -0.39 is 35.1 Å². The topological polar surface area (TPSA) is 93.3 Å². The van der Waals surface area contributed by atoms with Crippen molar-refractivity contribution in [3.63, 3.8) is 0 Å². The van der Waals surface area contributed by atoms with Crippen molar-refractivity contribution in [3.05, 3.63) is 31.1 Å². The van der Waals surface area contributed by atoms with E-state index in [1.165, 1.54) is 0 Å². The number of carboxylic acids is 1. The smallest absolute Gasteiger partial charge is 0.309 e. The quantitative estimate of drug-likeness (QED) is 0.506. The van der Waals surface area contributed by atoms with E-state index in [1.54, 1.807) is 22.6 Å². The molecule has 0 spiro atoms. The van der Waals surface area contributed by atoms with E-state index >= 15 is 0 Å². The van der Waals surface area contributed by atoms with Gasteiger partial charge in [0.05, 0.1) is 17.0 Å². The fourth-order valence-corrected chi connectivity index (χ4v) is 1.71. The Hall–Kier alpha value is -1.39. The standard InChI is InChI=1S/C8H5F2IN2O4/c9-8(10)7-5(13(16)17)1-3(11)4(12-7)2-6(14)15/h1,8H,2H2,(H,14,15). The Bertz CT molecular complexity index is 481. The maximum absolute atomic E-state index is 12.5. The first-order chi connectivity index (χ1) is 7.82. The lowest BCUT2D eigenvalue weighted by Gasteiger charge is -2.05. The molecule has 0 atom stereocenters. The molecule has 9 heteroatoms. The molecule has 17 heavy (non-hydrogen) atoms. The van der Waals surface area contributed by atoms with E-state index in [4.69, 9.17) is 5.11 Å². The predicted molar refractivity (Wildman–Crippen MR) is 59.9 cm³/mol. The zero-order valence-corrected chi connectivity index (χ0v) is 10.2. The SMILES string of the molecule is O=C(O)Cc1nc(C(F)F)c([N+](=O)[O-])cc1I. The number of alkyl halides is 2. The Morgan fingerprint density at radius 2 is 2.24 bits per heavy atom. The maximum Gasteiger partial charge on any atom is 0.309 e. The van der Waals surface area contributed by atoms with Crippen molar-refractivity contribution in [3.8, 4) is 0 Å². The van der Waals surface area contributed by atoms with Crippen LogP contribution in [0.15, 0.2) is 6.07 Å². The summed E-state index contributed by atoms with van der Waals surface area (Å²) in [6, 6.07) is 0.896. The highest BCUT2D eigenvalue weighted by atomic mass is 127. The average molecular weight is 358 g/mol. The first-order valence-corrected chi connectivity index (χ1v) is 5.24. The van der Waals surface area contributed by atoms with Gasteiger partial charge in [0.2, 0.25) is 0 Å². The first-order valence-electron chi connectivity index (χ1n) is 4.16. The van der Waals surface area contributed by atoms with E-state index in [1.807, 2.05) is 0 Å². The van der Waals surface area contributed by atoms with E-state index in [-0.39, 0.29) is 9.26 Å². The van der Waals surface area contributed by atoms with Crippen LogP contribution in [0, 0.1) is 13.7 Å². The summed E-state index contributed by atoms with van der Waals surface area (Å²) in [5.41, 5.74) is -1.93. The van der Waals surface area contributed by atoms with Crippen LogP contribution in [0.2, 0.25) is 0 Å². The molecule has 0 saturated carbocycles. The largest absolute Gasteiger partial charge is 0.481 e. The van der Waals surface area contributed by atoms with Crippen LogP contribution < -0.4 is 0 Å².